The Bertz CT molecular complexity index is 142. The summed E-state index contributed by atoms with van der Waals surface area (Å²) in [6.07, 6.45) is 2.32. The van der Waals surface area contributed by atoms with Crippen molar-refractivity contribution in [2.24, 2.45) is 5.92 Å². The van der Waals surface area contributed by atoms with Gasteiger partial charge < -0.3 is 0 Å². The Morgan fingerprint density at radius 2 is 1.82 bits per heavy atom. The molecule has 0 saturated carbocycles. The van der Waals surface area contributed by atoms with Gasteiger partial charge in [-0.05, 0) is 5.92 Å². The van der Waals surface area contributed by atoms with E-state index in [9.17, 15) is 0 Å². The average molecular weight is 191 g/mol. The molecule has 0 radical (unpaired) electrons. The predicted octanol–water partition coefficient (Wildman–Crippen LogP) is 3.69. The van der Waals surface area contributed by atoms with Crippen LogP contribution in [0.4, 0.5) is 0 Å². The van der Waals surface area contributed by atoms with Crippen molar-refractivity contribution in [3.63, 3.8) is 0 Å². The number of allylic oxidation sites excluding steroid dienone is 2. The Morgan fingerprint density at radius 1 is 1.36 bits per heavy atom. The highest BCUT2D eigenvalue weighted by atomic mass is 35.5. The van der Waals surface area contributed by atoms with Gasteiger partial charge in [0.1, 0.15) is 0 Å². The zero-order chi connectivity index (χ0) is 9.07. The zero-order valence-electron chi connectivity index (χ0n) is 8.24. The maximum atomic E-state index is 5.86. The minimum Gasteiger partial charge on any atom is -0.122 e. The number of rotatable bonds is 3. The van der Waals surface area contributed by atoms with Crippen molar-refractivity contribution < 1.29 is 0 Å². The maximum Gasteiger partial charge on any atom is 0.0735 e. The van der Waals surface area contributed by atoms with Crippen LogP contribution in [0.5, 0.6) is 0 Å². The molecule has 11 heavy (non-hydrogen) atoms. The molecule has 0 rings (SSSR count). The second-order valence-electron chi connectivity index (χ2n) is 4.32. The number of alkyl halides is 1. The van der Waals surface area contributed by atoms with Crippen molar-refractivity contribution in [2.45, 2.75) is 33.5 Å². The molecule has 0 atom stereocenters. The third kappa shape index (κ3) is 4.65. The fraction of sp³-hybridized carbons (Fsp3) is 0.778. The molecule has 0 heterocycles. The monoisotopic (exact) mass is 190 g/mol. The Labute approximate surface area is 76.7 Å². The summed E-state index contributed by atoms with van der Waals surface area (Å²) in [6, 6.07) is 0. The van der Waals surface area contributed by atoms with Crippen LogP contribution in [0.3, 0.4) is 0 Å². The van der Waals surface area contributed by atoms with Crippen LogP contribution in [0.2, 0.25) is 19.6 Å². The molecule has 0 spiro atoms. The topological polar surface area (TPSA) is 0 Å². The van der Waals surface area contributed by atoms with Crippen LogP contribution in [0, 0.1) is 5.92 Å². The lowest BCUT2D eigenvalue weighted by atomic mass is 10.2. The fourth-order valence-electron chi connectivity index (χ4n) is 0.897. The predicted molar refractivity (Wildman–Crippen MR) is 57.0 cm³/mol. The van der Waals surface area contributed by atoms with E-state index in [2.05, 4.69) is 39.6 Å². The highest BCUT2D eigenvalue weighted by Crippen LogP contribution is 2.17. The Morgan fingerprint density at radius 3 is 1.91 bits per heavy atom. The number of hydrogen-bond acceptors (Lipinski definition) is 0. The number of hydrogen-bond donors (Lipinski definition) is 0. The first-order valence-electron chi connectivity index (χ1n) is 4.15. The summed E-state index contributed by atoms with van der Waals surface area (Å²) in [5.74, 6) is 1.35. The summed E-state index contributed by atoms with van der Waals surface area (Å²) in [7, 11) is -1.12. The van der Waals surface area contributed by atoms with Gasteiger partial charge in [0.15, 0.2) is 0 Å². The molecule has 0 nitrogen and oxygen atoms in total. The lowest BCUT2D eigenvalue weighted by Gasteiger charge is -2.19. The van der Waals surface area contributed by atoms with Gasteiger partial charge in [-0.25, -0.2) is 0 Å². The summed E-state index contributed by atoms with van der Waals surface area (Å²) in [6.45, 7) is 11.4. The van der Waals surface area contributed by atoms with Crippen LogP contribution in [0.15, 0.2) is 11.3 Å². The molecule has 0 aromatic carbocycles. The third-order valence-electron chi connectivity index (χ3n) is 1.64. The molecule has 0 aliphatic rings. The molecule has 0 aromatic heterocycles. The molecule has 0 bridgehead atoms. The molecule has 0 fully saturated rings. The molecule has 2 heteroatoms. The van der Waals surface area contributed by atoms with Crippen LogP contribution in [-0.4, -0.2) is 14.0 Å². The van der Waals surface area contributed by atoms with Crippen molar-refractivity contribution in [1.82, 2.24) is 0 Å². The van der Waals surface area contributed by atoms with Gasteiger partial charge in [0, 0.05) is 5.88 Å². The molecule has 0 saturated heterocycles. The second kappa shape index (κ2) is 4.32. The van der Waals surface area contributed by atoms with Gasteiger partial charge in [-0.1, -0.05) is 44.8 Å². The zero-order valence-corrected chi connectivity index (χ0v) is 10.00. The largest absolute Gasteiger partial charge is 0.122 e. The maximum absolute atomic E-state index is 5.86. The lowest BCUT2D eigenvalue weighted by molar-refractivity contribution is 0.827. The second-order valence-corrected chi connectivity index (χ2v) is 9.73. The van der Waals surface area contributed by atoms with Gasteiger partial charge in [-0.2, -0.15) is 0 Å². The Balaban J connectivity index is 4.41. The van der Waals surface area contributed by atoms with Crippen LogP contribution in [0.25, 0.3) is 0 Å². The van der Waals surface area contributed by atoms with Crippen LogP contribution < -0.4 is 0 Å². The fourth-order valence-corrected chi connectivity index (χ4v) is 3.42. The molecule has 0 aromatic rings. The van der Waals surface area contributed by atoms with Gasteiger partial charge in [-0.15, -0.1) is 11.6 Å². The average Bonchev–Trinajstić information content (AvgIpc) is 1.79. The summed E-state index contributed by atoms with van der Waals surface area (Å²) >= 11 is 5.86. The van der Waals surface area contributed by atoms with E-state index in [0.29, 0.717) is 11.8 Å². The molecule has 0 N–H and O–H groups in total. The summed E-state index contributed by atoms with van der Waals surface area (Å²) < 4.78 is 0. The van der Waals surface area contributed by atoms with E-state index in [1.54, 1.807) is 0 Å². The first-order valence-corrected chi connectivity index (χ1v) is 8.18. The van der Waals surface area contributed by atoms with Crippen molar-refractivity contribution in [3.05, 3.63) is 11.3 Å². The Kier molecular flexibility index (Phi) is 4.41. The van der Waals surface area contributed by atoms with Crippen molar-refractivity contribution in [1.29, 1.82) is 0 Å². The molecule has 0 aliphatic carbocycles. The standard InChI is InChI=1S/C9H19ClSi/c1-8(2)6-9(7-10)11(3,4)5/h6,8H,7H2,1-5H3/b9-6-. The normalized spacial score (nSPS) is 14.3. The van der Waals surface area contributed by atoms with Crippen molar-refractivity contribution in [3.8, 4) is 0 Å². The van der Waals surface area contributed by atoms with Crippen LogP contribution in [0.1, 0.15) is 13.8 Å². The van der Waals surface area contributed by atoms with E-state index < -0.39 is 8.07 Å². The smallest absolute Gasteiger partial charge is 0.0735 e. The van der Waals surface area contributed by atoms with E-state index in [1.807, 2.05) is 0 Å². The lowest BCUT2D eigenvalue weighted by Crippen LogP contribution is -2.25. The third-order valence-corrected chi connectivity index (χ3v) is 4.42. The molecule has 0 aliphatic heterocycles. The van der Waals surface area contributed by atoms with E-state index >= 15 is 0 Å². The highest BCUT2D eigenvalue weighted by molar-refractivity contribution is 6.83. The van der Waals surface area contributed by atoms with Crippen LogP contribution in [-0.2, 0) is 0 Å². The van der Waals surface area contributed by atoms with Gasteiger partial charge >= 0.3 is 0 Å². The minimum absolute atomic E-state index is 0.635. The van der Waals surface area contributed by atoms with E-state index in [4.69, 9.17) is 11.6 Å². The minimum atomic E-state index is -1.12. The van der Waals surface area contributed by atoms with Gasteiger partial charge in [0.2, 0.25) is 0 Å². The van der Waals surface area contributed by atoms with Crippen molar-refractivity contribution in [2.75, 3.05) is 5.88 Å². The van der Waals surface area contributed by atoms with E-state index in [0.717, 1.165) is 0 Å². The first-order chi connectivity index (χ1) is 4.88. The highest BCUT2D eigenvalue weighted by Gasteiger charge is 2.18. The molecule has 0 amide bonds. The van der Waals surface area contributed by atoms with E-state index in [1.165, 1.54) is 5.20 Å². The van der Waals surface area contributed by atoms with Gasteiger partial charge in [0.05, 0.1) is 8.07 Å². The van der Waals surface area contributed by atoms with Gasteiger partial charge in [0.25, 0.3) is 0 Å². The summed E-state index contributed by atoms with van der Waals surface area (Å²) in [4.78, 5) is 0. The van der Waals surface area contributed by atoms with Crippen LogP contribution >= 0.6 is 11.6 Å². The summed E-state index contributed by atoms with van der Waals surface area (Å²) in [5, 5.41) is 1.48. The van der Waals surface area contributed by atoms with Gasteiger partial charge in [-0.3, -0.25) is 0 Å². The molecular weight excluding hydrogens is 172 g/mol. The first kappa shape index (κ1) is 11.2. The Hall–Kier alpha value is 0.247. The molecule has 66 valence electrons. The molecular formula is C9H19ClSi. The van der Waals surface area contributed by atoms with Crippen molar-refractivity contribution >= 4 is 19.7 Å². The van der Waals surface area contributed by atoms with E-state index in [-0.39, 0.29) is 0 Å². The summed E-state index contributed by atoms with van der Waals surface area (Å²) in [5.41, 5.74) is 0. The molecule has 0 unspecified atom stereocenters. The SMILES string of the molecule is CC(C)/C=C(/CCl)[Si](C)(C)C. The number of halogens is 1. The quantitative estimate of drug-likeness (QED) is 0.471.